The van der Waals surface area contributed by atoms with Gasteiger partial charge in [-0.15, -0.1) is 0 Å². The zero-order valence-electron chi connectivity index (χ0n) is 16.5. The van der Waals surface area contributed by atoms with Gasteiger partial charge in [0.15, 0.2) is 5.16 Å². The van der Waals surface area contributed by atoms with Gasteiger partial charge in [-0.1, -0.05) is 37.7 Å². The van der Waals surface area contributed by atoms with Crippen LogP contribution in [0.5, 0.6) is 0 Å². The van der Waals surface area contributed by atoms with Gasteiger partial charge in [-0.05, 0) is 48.7 Å². The van der Waals surface area contributed by atoms with Gasteiger partial charge in [-0.25, -0.2) is 9.37 Å². The minimum atomic E-state index is -0.364. The molecule has 0 saturated carbocycles. The Bertz CT molecular complexity index is 1050. The van der Waals surface area contributed by atoms with Crippen molar-refractivity contribution in [3.05, 3.63) is 64.7 Å². The molecule has 0 aliphatic carbocycles. The lowest BCUT2D eigenvalue weighted by Gasteiger charge is -2.13. The van der Waals surface area contributed by atoms with Gasteiger partial charge in [-0.3, -0.25) is 14.2 Å². The number of nitrogens with one attached hydrogen (secondary N) is 1. The molecule has 0 fully saturated rings. The van der Waals surface area contributed by atoms with E-state index in [0.717, 1.165) is 0 Å². The molecule has 0 unspecified atom stereocenters. The van der Waals surface area contributed by atoms with Crippen LogP contribution in [0.25, 0.3) is 16.6 Å². The van der Waals surface area contributed by atoms with Crippen LogP contribution < -0.4 is 10.9 Å². The van der Waals surface area contributed by atoms with Crippen molar-refractivity contribution >= 4 is 28.6 Å². The molecule has 1 heterocycles. The summed E-state index contributed by atoms with van der Waals surface area (Å²) in [4.78, 5) is 29.6. The summed E-state index contributed by atoms with van der Waals surface area (Å²) >= 11 is 1.42. The fraction of sp³-hybridized carbons (Fsp3) is 0.318. The number of carbonyl (C=O) groups is 1. The Morgan fingerprint density at radius 1 is 1.17 bits per heavy atom. The van der Waals surface area contributed by atoms with Crippen LogP contribution in [-0.4, -0.2) is 27.8 Å². The number of hydrogen-bond acceptors (Lipinski definition) is 4. The summed E-state index contributed by atoms with van der Waals surface area (Å²) in [6.07, 6.45) is 1.09. The van der Waals surface area contributed by atoms with Gasteiger partial charge in [0.2, 0.25) is 5.91 Å². The summed E-state index contributed by atoms with van der Waals surface area (Å²) in [5.41, 5.74) is 0.985. The number of amides is 1. The number of carbonyl (C=O) groups excluding carboxylic acids is 1. The van der Waals surface area contributed by atoms with Gasteiger partial charge in [0.05, 0.1) is 16.6 Å². The molecule has 0 spiro atoms. The van der Waals surface area contributed by atoms with Crippen molar-refractivity contribution in [2.45, 2.75) is 31.8 Å². The van der Waals surface area contributed by atoms with Crippen LogP contribution in [0, 0.1) is 11.7 Å². The zero-order chi connectivity index (χ0) is 20.8. The molecule has 29 heavy (non-hydrogen) atoms. The Kier molecular flexibility index (Phi) is 7.04. The third kappa shape index (κ3) is 5.44. The van der Waals surface area contributed by atoms with Crippen molar-refractivity contribution in [2.24, 2.45) is 5.92 Å². The quantitative estimate of drug-likeness (QED) is 0.342. The molecule has 0 atom stereocenters. The van der Waals surface area contributed by atoms with Gasteiger partial charge in [0, 0.05) is 18.7 Å². The topological polar surface area (TPSA) is 64.0 Å². The number of hydrogen-bond donors (Lipinski definition) is 1. The Morgan fingerprint density at radius 2 is 1.90 bits per heavy atom. The summed E-state index contributed by atoms with van der Waals surface area (Å²) in [6, 6.07) is 12.9. The third-order valence-electron chi connectivity index (χ3n) is 4.32. The van der Waals surface area contributed by atoms with Crippen LogP contribution in [0.4, 0.5) is 4.39 Å². The second-order valence-corrected chi connectivity index (χ2v) is 8.24. The summed E-state index contributed by atoms with van der Waals surface area (Å²) in [7, 11) is 0. The third-order valence-corrected chi connectivity index (χ3v) is 5.34. The monoisotopic (exact) mass is 413 g/mol. The molecule has 0 saturated heterocycles. The summed E-state index contributed by atoms with van der Waals surface area (Å²) in [5.74, 6) is 0.722. The number of rotatable bonds is 8. The normalized spacial score (nSPS) is 11.2. The van der Waals surface area contributed by atoms with E-state index in [1.54, 1.807) is 30.3 Å². The standard InChI is InChI=1S/C22H24FN3O2S/c1-15(2)14-24-20(27)8-5-13-29-22-25-19-7-4-3-6-18(19)21(28)26(22)17-11-9-16(23)10-12-17/h3-4,6-7,9-12,15H,5,8,13-14H2,1-2H3,(H,24,27). The van der Waals surface area contributed by atoms with Crippen molar-refractivity contribution in [3.8, 4) is 5.69 Å². The maximum absolute atomic E-state index is 13.3. The Hall–Kier alpha value is -2.67. The van der Waals surface area contributed by atoms with Crippen molar-refractivity contribution < 1.29 is 9.18 Å². The van der Waals surface area contributed by atoms with E-state index in [9.17, 15) is 14.0 Å². The van der Waals surface area contributed by atoms with Crippen LogP contribution in [0.15, 0.2) is 58.5 Å². The van der Waals surface area contributed by atoms with E-state index >= 15 is 0 Å². The summed E-state index contributed by atoms with van der Waals surface area (Å²) in [5, 5.41) is 3.94. The number of para-hydroxylation sites is 1. The van der Waals surface area contributed by atoms with Crippen LogP contribution in [-0.2, 0) is 4.79 Å². The molecule has 0 bridgehead atoms. The van der Waals surface area contributed by atoms with Gasteiger partial charge >= 0.3 is 0 Å². The maximum Gasteiger partial charge on any atom is 0.266 e. The van der Waals surface area contributed by atoms with Gasteiger partial charge in [-0.2, -0.15) is 0 Å². The molecule has 1 N–H and O–H groups in total. The lowest BCUT2D eigenvalue weighted by molar-refractivity contribution is -0.121. The van der Waals surface area contributed by atoms with Crippen molar-refractivity contribution in [1.29, 1.82) is 0 Å². The molecule has 1 aromatic heterocycles. The van der Waals surface area contributed by atoms with Crippen LogP contribution >= 0.6 is 11.8 Å². The number of nitrogens with zero attached hydrogens (tertiary/aromatic N) is 2. The number of fused-ring (bicyclic) bond motifs is 1. The summed E-state index contributed by atoms with van der Waals surface area (Å²) < 4.78 is 14.9. The highest BCUT2D eigenvalue weighted by Gasteiger charge is 2.13. The van der Waals surface area contributed by atoms with Crippen LogP contribution in [0.1, 0.15) is 26.7 Å². The van der Waals surface area contributed by atoms with E-state index in [4.69, 9.17) is 0 Å². The molecule has 5 nitrogen and oxygen atoms in total. The Labute approximate surface area is 173 Å². The fourth-order valence-electron chi connectivity index (χ4n) is 2.83. The minimum absolute atomic E-state index is 0.0293. The molecule has 3 rings (SSSR count). The molecule has 0 radical (unpaired) electrons. The van der Waals surface area contributed by atoms with E-state index in [2.05, 4.69) is 24.1 Å². The molecule has 7 heteroatoms. The molecule has 152 valence electrons. The first-order chi connectivity index (χ1) is 14.0. The first-order valence-corrected chi connectivity index (χ1v) is 10.6. The molecule has 0 aliphatic heterocycles. The van der Waals surface area contributed by atoms with Crippen LogP contribution in [0.3, 0.4) is 0 Å². The second-order valence-electron chi connectivity index (χ2n) is 7.18. The number of thioether (sulfide) groups is 1. The Morgan fingerprint density at radius 3 is 2.62 bits per heavy atom. The highest BCUT2D eigenvalue weighted by Crippen LogP contribution is 2.22. The Balaban J connectivity index is 1.81. The van der Waals surface area contributed by atoms with Gasteiger partial charge < -0.3 is 5.32 Å². The fourth-order valence-corrected chi connectivity index (χ4v) is 3.78. The molecule has 0 aliphatic rings. The minimum Gasteiger partial charge on any atom is -0.356 e. The van der Waals surface area contributed by atoms with Crippen molar-refractivity contribution in [1.82, 2.24) is 14.9 Å². The van der Waals surface area contributed by atoms with Crippen molar-refractivity contribution in [3.63, 3.8) is 0 Å². The first-order valence-electron chi connectivity index (χ1n) is 9.63. The lowest BCUT2D eigenvalue weighted by atomic mass is 10.2. The predicted molar refractivity (Wildman–Crippen MR) is 115 cm³/mol. The highest BCUT2D eigenvalue weighted by atomic mass is 32.2. The lowest BCUT2D eigenvalue weighted by Crippen LogP contribution is -2.27. The molecule has 1 amide bonds. The molecular weight excluding hydrogens is 389 g/mol. The van der Waals surface area contributed by atoms with Crippen molar-refractivity contribution in [2.75, 3.05) is 12.3 Å². The predicted octanol–water partition coefficient (Wildman–Crippen LogP) is 4.17. The van der Waals surface area contributed by atoms with Gasteiger partial charge in [0.1, 0.15) is 5.82 Å². The van der Waals surface area contributed by atoms with E-state index in [1.807, 2.05) is 6.07 Å². The van der Waals surface area contributed by atoms with E-state index in [-0.39, 0.29) is 17.3 Å². The summed E-state index contributed by atoms with van der Waals surface area (Å²) in [6.45, 7) is 4.77. The van der Waals surface area contributed by atoms with Gasteiger partial charge in [0.25, 0.3) is 5.56 Å². The largest absolute Gasteiger partial charge is 0.356 e. The smallest absolute Gasteiger partial charge is 0.266 e. The number of aromatic nitrogens is 2. The zero-order valence-corrected chi connectivity index (χ0v) is 17.3. The molecular formula is C22H24FN3O2S. The average Bonchev–Trinajstić information content (AvgIpc) is 2.71. The van der Waals surface area contributed by atoms with E-state index < -0.39 is 0 Å². The maximum atomic E-state index is 13.3. The molecule has 2 aromatic carbocycles. The van der Waals surface area contributed by atoms with Crippen LogP contribution in [0.2, 0.25) is 0 Å². The number of benzene rings is 2. The second kappa shape index (κ2) is 9.69. The van der Waals surface area contributed by atoms with E-state index in [0.29, 0.717) is 52.8 Å². The first kappa shape index (κ1) is 21.0. The molecule has 3 aromatic rings. The highest BCUT2D eigenvalue weighted by molar-refractivity contribution is 7.99. The van der Waals surface area contributed by atoms with E-state index in [1.165, 1.54) is 28.5 Å². The number of halogens is 1. The average molecular weight is 414 g/mol. The SMILES string of the molecule is CC(C)CNC(=O)CCCSc1nc2ccccc2c(=O)n1-c1ccc(F)cc1.